The van der Waals surface area contributed by atoms with E-state index in [1.165, 1.54) is 18.3 Å². The summed E-state index contributed by atoms with van der Waals surface area (Å²) in [6.07, 6.45) is 1.51. The van der Waals surface area contributed by atoms with E-state index in [9.17, 15) is 4.39 Å². The lowest BCUT2D eigenvalue weighted by molar-refractivity contribution is 0.625. The molecule has 0 aliphatic rings. The Labute approximate surface area is 85.4 Å². The van der Waals surface area contributed by atoms with Crippen LogP contribution in [0.15, 0.2) is 36.5 Å². The molecule has 0 unspecified atom stereocenters. The van der Waals surface area contributed by atoms with Gasteiger partial charge in [0, 0.05) is 6.20 Å². The predicted octanol–water partition coefficient (Wildman–Crippen LogP) is 2.94. The number of aromatic nitrogens is 2. The molecule has 0 atom stereocenters. The van der Waals surface area contributed by atoms with Crippen molar-refractivity contribution in [3.8, 4) is 11.4 Å². The highest BCUT2D eigenvalue weighted by molar-refractivity contribution is 6.29. The molecular formula is C10H6ClFN2. The summed E-state index contributed by atoms with van der Waals surface area (Å²) < 4.78 is 13.3. The van der Waals surface area contributed by atoms with Crippen molar-refractivity contribution in [2.24, 2.45) is 0 Å². The van der Waals surface area contributed by atoms with Crippen LogP contribution in [0.25, 0.3) is 11.4 Å². The maximum atomic E-state index is 13.3. The van der Waals surface area contributed by atoms with Crippen LogP contribution >= 0.6 is 11.6 Å². The van der Waals surface area contributed by atoms with E-state index in [0.717, 1.165) is 0 Å². The third-order valence-corrected chi connectivity index (χ3v) is 1.93. The second kappa shape index (κ2) is 3.72. The molecule has 0 fully saturated rings. The Hall–Kier alpha value is -1.48. The molecule has 70 valence electrons. The monoisotopic (exact) mass is 208 g/mol. The van der Waals surface area contributed by atoms with Crippen LogP contribution in [0.5, 0.6) is 0 Å². The van der Waals surface area contributed by atoms with E-state index >= 15 is 0 Å². The largest absolute Gasteiger partial charge is 0.252 e. The SMILES string of the molecule is Fc1cccnc1-c1cccc(Cl)n1. The number of pyridine rings is 2. The zero-order valence-electron chi connectivity index (χ0n) is 7.11. The quantitative estimate of drug-likeness (QED) is 0.674. The molecule has 2 heterocycles. The van der Waals surface area contributed by atoms with Gasteiger partial charge in [-0.15, -0.1) is 0 Å². The Morgan fingerprint density at radius 1 is 1.14 bits per heavy atom. The molecule has 2 aromatic rings. The minimum atomic E-state index is -0.401. The molecule has 14 heavy (non-hydrogen) atoms. The first kappa shape index (κ1) is 9.09. The Morgan fingerprint density at radius 3 is 2.71 bits per heavy atom. The summed E-state index contributed by atoms with van der Waals surface area (Å²) in [5, 5.41) is 0.326. The van der Waals surface area contributed by atoms with E-state index in [1.54, 1.807) is 18.2 Å². The van der Waals surface area contributed by atoms with E-state index in [1.807, 2.05) is 0 Å². The van der Waals surface area contributed by atoms with Crippen molar-refractivity contribution in [2.45, 2.75) is 0 Å². The fourth-order valence-corrected chi connectivity index (χ4v) is 1.28. The number of hydrogen-bond donors (Lipinski definition) is 0. The van der Waals surface area contributed by atoms with Gasteiger partial charge in [0.05, 0.1) is 5.69 Å². The van der Waals surface area contributed by atoms with Crippen LogP contribution in [0.4, 0.5) is 4.39 Å². The van der Waals surface area contributed by atoms with Gasteiger partial charge in [0.15, 0.2) is 5.82 Å². The molecule has 0 amide bonds. The van der Waals surface area contributed by atoms with Crippen LogP contribution in [0.3, 0.4) is 0 Å². The van der Waals surface area contributed by atoms with Gasteiger partial charge in [-0.3, -0.25) is 4.98 Å². The number of nitrogens with zero attached hydrogens (tertiary/aromatic N) is 2. The summed E-state index contributed by atoms with van der Waals surface area (Å²) in [5.74, 6) is -0.401. The van der Waals surface area contributed by atoms with E-state index < -0.39 is 5.82 Å². The molecular weight excluding hydrogens is 203 g/mol. The van der Waals surface area contributed by atoms with Crippen LogP contribution in [0.2, 0.25) is 5.15 Å². The highest BCUT2D eigenvalue weighted by atomic mass is 35.5. The lowest BCUT2D eigenvalue weighted by Gasteiger charge is -2.00. The summed E-state index contributed by atoms with van der Waals surface area (Å²) in [6, 6.07) is 7.87. The highest BCUT2D eigenvalue weighted by Gasteiger charge is 2.06. The van der Waals surface area contributed by atoms with E-state index in [2.05, 4.69) is 9.97 Å². The maximum absolute atomic E-state index is 13.3. The van der Waals surface area contributed by atoms with Gasteiger partial charge in [-0.1, -0.05) is 17.7 Å². The predicted molar refractivity (Wildman–Crippen MR) is 52.4 cm³/mol. The van der Waals surface area contributed by atoms with Gasteiger partial charge in [0.25, 0.3) is 0 Å². The van der Waals surface area contributed by atoms with Crippen molar-refractivity contribution in [3.63, 3.8) is 0 Å². The molecule has 0 bridgehead atoms. The normalized spacial score (nSPS) is 10.1. The summed E-state index contributed by atoms with van der Waals surface area (Å²) in [6.45, 7) is 0. The Morgan fingerprint density at radius 2 is 2.00 bits per heavy atom. The van der Waals surface area contributed by atoms with Crippen LogP contribution in [0, 0.1) is 5.82 Å². The molecule has 0 aliphatic heterocycles. The molecule has 0 spiro atoms. The summed E-state index contributed by atoms with van der Waals surface area (Å²) in [4.78, 5) is 7.86. The Kier molecular flexibility index (Phi) is 2.41. The van der Waals surface area contributed by atoms with E-state index in [4.69, 9.17) is 11.6 Å². The molecule has 2 rings (SSSR count). The molecule has 0 radical (unpaired) electrons. The van der Waals surface area contributed by atoms with Gasteiger partial charge in [0.2, 0.25) is 0 Å². The van der Waals surface area contributed by atoms with Crippen LogP contribution in [-0.2, 0) is 0 Å². The van der Waals surface area contributed by atoms with Crippen molar-refractivity contribution < 1.29 is 4.39 Å². The zero-order chi connectivity index (χ0) is 9.97. The maximum Gasteiger partial charge on any atom is 0.151 e. The molecule has 0 aliphatic carbocycles. The molecule has 0 N–H and O–H groups in total. The van der Waals surface area contributed by atoms with Crippen molar-refractivity contribution in [1.82, 2.24) is 9.97 Å². The fourth-order valence-electron chi connectivity index (χ4n) is 1.11. The van der Waals surface area contributed by atoms with Crippen molar-refractivity contribution in [3.05, 3.63) is 47.5 Å². The first-order valence-corrected chi connectivity index (χ1v) is 4.38. The highest BCUT2D eigenvalue weighted by Crippen LogP contribution is 2.18. The summed E-state index contributed by atoms with van der Waals surface area (Å²) >= 11 is 5.69. The lowest BCUT2D eigenvalue weighted by atomic mass is 10.2. The van der Waals surface area contributed by atoms with Gasteiger partial charge < -0.3 is 0 Å². The molecule has 0 aromatic carbocycles. The Balaban J connectivity index is 2.55. The second-order valence-electron chi connectivity index (χ2n) is 2.68. The van der Waals surface area contributed by atoms with Gasteiger partial charge in [0.1, 0.15) is 10.8 Å². The van der Waals surface area contributed by atoms with Crippen molar-refractivity contribution in [1.29, 1.82) is 0 Å². The number of rotatable bonds is 1. The molecule has 2 aromatic heterocycles. The first-order valence-electron chi connectivity index (χ1n) is 4.01. The summed E-state index contributed by atoms with van der Waals surface area (Å²) in [7, 11) is 0. The van der Waals surface area contributed by atoms with Gasteiger partial charge in [-0.25, -0.2) is 9.37 Å². The first-order chi connectivity index (χ1) is 6.77. The van der Waals surface area contributed by atoms with E-state index in [0.29, 0.717) is 10.8 Å². The minimum Gasteiger partial charge on any atom is -0.252 e. The summed E-state index contributed by atoms with van der Waals surface area (Å²) in [5.41, 5.74) is 0.658. The van der Waals surface area contributed by atoms with Crippen molar-refractivity contribution >= 4 is 11.6 Å². The van der Waals surface area contributed by atoms with Gasteiger partial charge in [-0.2, -0.15) is 0 Å². The van der Waals surface area contributed by atoms with Crippen LogP contribution in [0.1, 0.15) is 0 Å². The average Bonchev–Trinajstić information content (AvgIpc) is 2.18. The second-order valence-corrected chi connectivity index (χ2v) is 3.07. The topological polar surface area (TPSA) is 25.8 Å². The molecule has 0 saturated heterocycles. The molecule has 2 nitrogen and oxygen atoms in total. The standard InChI is InChI=1S/C10H6ClFN2/c11-9-5-1-4-8(14-9)10-7(12)3-2-6-13-10/h1-6H. The fraction of sp³-hybridized carbons (Fsp3) is 0. The number of halogens is 2. The smallest absolute Gasteiger partial charge is 0.151 e. The average molecular weight is 209 g/mol. The van der Waals surface area contributed by atoms with Crippen molar-refractivity contribution in [2.75, 3.05) is 0 Å². The van der Waals surface area contributed by atoms with Crippen LogP contribution in [-0.4, -0.2) is 9.97 Å². The molecule has 0 saturated carbocycles. The van der Waals surface area contributed by atoms with Gasteiger partial charge in [-0.05, 0) is 24.3 Å². The van der Waals surface area contributed by atoms with Crippen LogP contribution < -0.4 is 0 Å². The third kappa shape index (κ3) is 1.72. The zero-order valence-corrected chi connectivity index (χ0v) is 7.87. The lowest BCUT2D eigenvalue weighted by Crippen LogP contribution is -1.90. The van der Waals surface area contributed by atoms with E-state index in [-0.39, 0.29) is 5.69 Å². The molecule has 4 heteroatoms. The Bertz CT molecular complexity index is 459. The minimum absolute atomic E-state index is 0.218. The number of hydrogen-bond acceptors (Lipinski definition) is 2. The van der Waals surface area contributed by atoms with Gasteiger partial charge >= 0.3 is 0 Å². The third-order valence-electron chi connectivity index (χ3n) is 1.72.